The van der Waals surface area contributed by atoms with E-state index in [4.69, 9.17) is 16.3 Å². The molecule has 0 amide bonds. The van der Waals surface area contributed by atoms with Gasteiger partial charge in [0.05, 0.1) is 18.4 Å². The molecule has 0 radical (unpaired) electrons. The molecule has 0 fully saturated rings. The van der Waals surface area contributed by atoms with Crippen molar-refractivity contribution in [2.75, 3.05) is 12.9 Å². The van der Waals surface area contributed by atoms with E-state index in [2.05, 4.69) is 10.2 Å². The zero-order valence-electron chi connectivity index (χ0n) is 13.9. The minimum atomic E-state index is -1.10. The molecule has 1 aromatic heterocycles. The van der Waals surface area contributed by atoms with Gasteiger partial charge in [-0.25, -0.2) is 0 Å². The number of carbonyl (C=O) groups excluding carboxylic acids is 1. The minimum absolute atomic E-state index is 0.0724. The number of carbonyl (C=O) groups is 1. The van der Waals surface area contributed by atoms with Crippen LogP contribution in [0.3, 0.4) is 0 Å². The van der Waals surface area contributed by atoms with Gasteiger partial charge < -0.3 is 14.6 Å². The number of thioether (sulfide) groups is 1. The summed E-state index contributed by atoms with van der Waals surface area (Å²) in [6.07, 6.45) is -0.0724. The molecule has 1 heterocycles. The zero-order chi connectivity index (χ0) is 18.5. The highest BCUT2D eigenvalue weighted by atomic mass is 35.5. The Kier molecular flexibility index (Phi) is 5.80. The average Bonchev–Trinajstić information content (AvgIpc) is 3.05. The van der Waals surface area contributed by atoms with E-state index in [1.54, 1.807) is 19.2 Å². The first-order valence-electron chi connectivity index (χ1n) is 7.77. The SMILES string of the molecule is COc1ccccc1-c1nnc(SCCC(=O)[O-])n1-c1cccc(Cl)c1. The van der Waals surface area contributed by atoms with Crippen LogP contribution in [-0.4, -0.2) is 33.6 Å². The van der Waals surface area contributed by atoms with Crippen molar-refractivity contribution in [2.45, 2.75) is 11.6 Å². The minimum Gasteiger partial charge on any atom is -0.550 e. The molecular weight excluding hydrogens is 374 g/mol. The molecule has 0 saturated heterocycles. The van der Waals surface area contributed by atoms with Crippen LogP contribution in [-0.2, 0) is 4.79 Å². The molecule has 3 aromatic rings. The average molecular weight is 389 g/mol. The third-order valence-electron chi connectivity index (χ3n) is 3.58. The molecule has 2 aromatic carbocycles. The van der Waals surface area contributed by atoms with Crippen LogP contribution in [0.15, 0.2) is 53.7 Å². The monoisotopic (exact) mass is 388 g/mol. The largest absolute Gasteiger partial charge is 0.550 e. The lowest BCUT2D eigenvalue weighted by Crippen LogP contribution is -2.22. The maximum absolute atomic E-state index is 10.7. The molecule has 3 rings (SSSR count). The lowest BCUT2D eigenvalue weighted by molar-refractivity contribution is -0.305. The summed E-state index contributed by atoms with van der Waals surface area (Å²) in [5, 5.41) is 20.4. The molecule has 0 spiro atoms. The first-order valence-corrected chi connectivity index (χ1v) is 9.14. The van der Waals surface area contributed by atoms with Crippen molar-refractivity contribution in [3.8, 4) is 22.8 Å². The summed E-state index contributed by atoms with van der Waals surface area (Å²) in [6.45, 7) is 0. The summed E-state index contributed by atoms with van der Waals surface area (Å²) >= 11 is 7.43. The van der Waals surface area contributed by atoms with Crippen LogP contribution in [0.4, 0.5) is 0 Å². The van der Waals surface area contributed by atoms with Crippen LogP contribution >= 0.6 is 23.4 Å². The van der Waals surface area contributed by atoms with Crippen molar-refractivity contribution in [2.24, 2.45) is 0 Å². The Hall–Kier alpha value is -2.51. The number of aliphatic carboxylic acids is 1. The molecule has 6 nitrogen and oxygen atoms in total. The van der Waals surface area contributed by atoms with Crippen molar-refractivity contribution in [3.63, 3.8) is 0 Å². The first kappa shape index (κ1) is 18.3. The van der Waals surface area contributed by atoms with E-state index in [0.29, 0.717) is 27.5 Å². The van der Waals surface area contributed by atoms with Gasteiger partial charge in [0.1, 0.15) is 5.75 Å². The maximum Gasteiger partial charge on any atom is 0.196 e. The van der Waals surface area contributed by atoms with Gasteiger partial charge >= 0.3 is 0 Å². The molecule has 0 aliphatic heterocycles. The number of nitrogens with zero attached hydrogens (tertiary/aromatic N) is 3. The summed E-state index contributed by atoms with van der Waals surface area (Å²) in [6, 6.07) is 14.8. The smallest absolute Gasteiger partial charge is 0.196 e. The molecule has 0 bridgehead atoms. The van der Waals surface area contributed by atoms with Crippen molar-refractivity contribution >= 4 is 29.3 Å². The van der Waals surface area contributed by atoms with Crippen LogP contribution < -0.4 is 9.84 Å². The third-order valence-corrected chi connectivity index (χ3v) is 4.75. The van der Waals surface area contributed by atoms with Gasteiger partial charge in [0.25, 0.3) is 0 Å². The van der Waals surface area contributed by atoms with E-state index in [1.807, 2.05) is 41.0 Å². The van der Waals surface area contributed by atoms with Gasteiger partial charge in [0, 0.05) is 16.7 Å². The molecule has 8 heteroatoms. The van der Waals surface area contributed by atoms with E-state index >= 15 is 0 Å². The van der Waals surface area contributed by atoms with E-state index < -0.39 is 5.97 Å². The van der Waals surface area contributed by atoms with E-state index in [9.17, 15) is 9.90 Å². The van der Waals surface area contributed by atoms with Crippen molar-refractivity contribution < 1.29 is 14.6 Å². The Bertz CT molecular complexity index is 930. The third kappa shape index (κ3) is 4.00. The summed E-state index contributed by atoms with van der Waals surface area (Å²) in [7, 11) is 1.59. The molecule has 26 heavy (non-hydrogen) atoms. The summed E-state index contributed by atoms with van der Waals surface area (Å²) < 4.78 is 7.27. The van der Waals surface area contributed by atoms with Gasteiger partial charge in [0.15, 0.2) is 11.0 Å². The number of benzene rings is 2. The Morgan fingerprint density at radius 2 is 2.04 bits per heavy atom. The highest BCUT2D eigenvalue weighted by Gasteiger charge is 2.19. The predicted molar refractivity (Wildman–Crippen MR) is 98.7 cm³/mol. The standard InChI is InChI=1S/C18H16ClN3O3S/c1-25-15-8-3-2-7-14(15)17-20-21-18(26-10-9-16(23)24)22(17)13-6-4-5-12(19)11-13/h2-8,11H,9-10H2,1H3,(H,23,24)/p-1. The van der Waals surface area contributed by atoms with E-state index in [-0.39, 0.29) is 6.42 Å². The van der Waals surface area contributed by atoms with Crippen LogP contribution in [0.2, 0.25) is 5.02 Å². The molecule has 134 valence electrons. The second kappa shape index (κ2) is 8.25. The lowest BCUT2D eigenvalue weighted by Gasteiger charge is -2.12. The topological polar surface area (TPSA) is 80.1 Å². The van der Waals surface area contributed by atoms with Gasteiger partial charge in [-0.05, 0) is 36.8 Å². The Morgan fingerprint density at radius 3 is 2.77 bits per heavy atom. The Morgan fingerprint density at radius 1 is 1.23 bits per heavy atom. The fourth-order valence-electron chi connectivity index (χ4n) is 2.44. The van der Waals surface area contributed by atoms with Gasteiger partial charge in [0.2, 0.25) is 0 Å². The Labute approximate surface area is 159 Å². The summed E-state index contributed by atoms with van der Waals surface area (Å²) in [5.74, 6) is 0.471. The number of hydrogen-bond donors (Lipinski definition) is 0. The van der Waals surface area contributed by atoms with Crippen molar-refractivity contribution in [1.29, 1.82) is 0 Å². The number of carboxylic acid groups (broad SMARTS) is 1. The number of rotatable bonds is 7. The van der Waals surface area contributed by atoms with Gasteiger partial charge in [-0.3, -0.25) is 4.57 Å². The second-order valence-electron chi connectivity index (χ2n) is 5.29. The van der Waals surface area contributed by atoms with Crippen molar-refractivity contribution in [3.05, 3.63) is 53.6 Å². The van der Waals surface area contributed by atoms with Crippen LogP contribution in [0.1, 0.15) is 6.42 Å². The van der Waals surface area contributed by atoms with Gasteiger partial charge in [-0.1, -0.05) is 41.6 Å². The zero-order valence-corrected chi connectivity index (χ0v) is 15.5. The van der Waals surface area contributed by atoms with Crippen LogP contribution in [0.25, 0.3) is 17.1 Å². The molecule has 0 aliphatic rings. The number of methoxy groups -OCH3 is 1. The Balaban J connectivity index is 2.10. The summed E-state index contributed by atoms with van der Waals surface area (Å²) in [5.41, 5.74) is 1.55. The normalized spacial score (nSPS) is 10.7. The first-order chi connectivity index (χ1) is 12.6. The summed E-state index contributed by atoms with van der Waals surface area (Å²) in [4.78, 5) is 10.7. The van der Waals surface area contributed by atoms with E-state index in [1.165, 1.54) is 11.8 Å². The fourth-order valence-corrected chi connectivity index (χ4v) is 3.50. The molecule has 0 atom stereocenters. The van der Waals surface area contributed by atoms with Gasteiger partial charge in [-0.15, -0.1) is 10.2 Å². The number of carboxylic acids is 1. The molecule has 0 aliphatic carbocycles. The van der Waals surface area contributed by atoms with Crippen LogP contribution in [0, 0.1) is 0 Å². The quantitative estimate of drug-likeness (QED) is 0.579. The lowest BCUT2D eigenvalue weighted by atomic mass is 10.2. The number of halogens is 1. The number of aromatic nitrogens is 3. The highest BCUT2D eigenvalue weighted by molar-refractivity contribution is 7.99. The molecular formula is C18H15ClN3O3S-. The van der Waals surface area contributed by atoms with Gasteiger partial charge in [-0.2, -0.15) is 0 Å². The van der Waals surface area contributed by atoms with Crippen molar-refractivity contribution in [1.82, 2.24) is 14.8 Å². The van der Waals surface area contributed by atoms with E-state index in [0.717, 1.165) is 11.3 Å². The highest BCUT2D eigenvalue weighted by Crippen LogP contribution is 2.33. The second-order valence-corrected chi connectivity index (χ2v) is 6.79. The number of para-hydroxylation sites is 1. The predicted octanol–water partition coefficient (Wildman–Crippen LogP) is 2.83. The number of hydrogen-bond acceptors (Lipinski definition) is 6. The molecule has 0 saturated carbocycles. The molecule has 0 N–H and O–H groups in total. The number of ether oxygens (including phenoxy) is 1. The fraction of sp³-hybridized carbons (Fsp3) is 0.167. The molecule has 0 unspecified atom stereocenters. The maximum atomic E-state index is 10.7. The van der Waals surface area contributed by atoms with Crippen LogP contribution in [0.5, 0.6) is 5.75 Å².